The van der Waals surface area contributed by atoms with Crippen molar-refractivity contribution in [3.8, 4) is 0 Å². The zero-order chi connectivity index (χ0) is 21.5. The number of fused-ring (bicyclic) bond motifs is 1. The summed E-state index contributed by atoms with van der Waals surface area (Å²) in [6.45, 7) is 10.1. The van der Waals surface area contributed by atoms with Crippen LogP contribution in [-0.2, 0) is 4.74 Å². The van der Waals surface area contributed by atoms with E-state index in [1.807, 2.05) is 18.7 Å². The summed E-state index contributed by atoms with van der Waals surface area (Å²) in [7, 11) is 0. The van der Waals surface area contributed by atoms with E-state index in [4.69, 9.17) is 4.74 Å². The molecule has 1 amide bonds. The molecule has 1 aromatic carbocycles. The predicted octanol–water partition coefficient (Wildman–Crippen LogP) is 4.12. The molecule has 7 nitrogen and oxygen atoms in total. The Hall–Kier alpha value is -2.77. The van der Waals surface area contributed by atoms with Crippen molar-refractivity contribution >= 4 is 28.7 Å². The number of hydrogen-bond donors (Lipinski definition) is 3. The van der Waals surface area contributed by atoms with E-state index in [1.165, 1.54) is 0 Å². The number of anilines is 1. The second-order valence-corrected chi connectivity index (χ2v) is 8.62. The summed E-state index contributed by atoms with van der Waals surface area (Å²) in [5.41, 5.74) is 1.74. The summed E-state index contributed by atoms with van der Waals surface area (Å²) >= 11 is 0. The van der Waals surface area contributed by atoms with Gasteiger partial charge in [-0.3, -0.25) is 0 Å². The largest absolute Gasteiger partial charge is 0.478 e. The van der Waals surface area contributed by atoms with Crippen LogP contribution in [0.4, 0.5) is 14.9 Å². The lowest BCUT2D eigenvalue weighted by Crippen LogP contribution is -2.49. The maximum absolute atomic E-state index is 15.1. The number of hydrogen-bond acceptors (Lipinski definition) is 4. The molecule has 8 heteroatoms. The summed E-state index contributed by atoms with van der Waals surface area (Å²) in [6, 6.07) is 0.882. The van der Waals surface area contributed by atoms with Crippen molar-refractivity contribution in [2.45, 2.75) is 59.1 Å². The highest BCUT2D eigenvalue weighted by Gasteiger charge is 2.29. The average Bonchev–Trinajstić information content (AvgIpc) is 2.88. The Morgan fingerprint density at radius 2 is 2.03 bits per heavy atom. The van der Waals surface area contributed by atoms with E-state index in [9.17, 15) is 14.7 Å². The molecule has 0 saturated carbocycles. The number of alkyl carbamates (subject to hydrolysis) is 1. The standard InChI is InChI=1S/C21H28FN3O4/c1-11-12(2)23-17-14(19(26)27)9-15(22)18(16(11)17)25-8-6-7-13(10-25)24-20(28)29-21(3,4)5/h9,13,23H,6-8,10H2,1-5H3,(H,24,28)(H,26,27). The number of aromatic nitrogens is 1. The molecular formula is C21H28FN3O4. The maximum atomic E-state index is 15.1. The fraction of sp³-hybridized carbons (Fsp3) is 0.524. The minimum atomic E-state index is -1.18. The summed E-state index contributed by atoms with van der Waals surface area (Å²) in [5.74, 6) is -1.75. The van der Waals surface area contributed by atoms with E-state index in [0.717, 1.165) is 30.2 Å². The normalized spacial score (nSPS) is 17.4. The van der Waals surface area contributed by atoms with Gasteiger partial charge in [0.15, 0.2) is 0 Å². The van der Waals surface area contributed by atoms with Crippen LogP contribution in [-0.4, -0.2) is 46.9 Å². The Morgan fingerprint density at radius 1 is 1.34 bits per heavy atom. The van der Waals surface area contributed by atoms with Crippen molar-refractivity contribution in [3.05, 3.63) is 28.7 Å². The van der Waals surface area contributed by atoms with Gasteiger partial charge in [0.1, 0.15) is 11.4 Å². The number of nitrogens with zero attached hydrogens (tertiary/aromatic N) is 1. The van der Waals surface area contributed by atoms with Crippen molar-refractivity contribution in [2.75, 3.05) is 18.0 Å². The Labute approximate surface area is 169 Å². The van der Waals surface area contributed by atoms with Gasteiger partial charge in [0.25, 0.3) is 0 Å². The third-order valence-electron chi connectivity index (χ3n) is 5.19. The van der Waals surface area contributed by atoms with E-state index in [0.29, 0.717) is 29.7 Å². The van der Waals surface area contributed by atoms with Crippen molar-refractivity contribution in [1.82, 2.24) is 10.3 Å². The third-order valence-corrected chi connectivity index (χ3v) is 5.19. The number of carbonyl (C=O) groups excluding carboxylic acids is 1. The van der Waals surface area contributed by atoms with Crippen LogP contribution >= 0.6 is 0 Å². The number of ether oxygens (including phenoxy) is 1. The van der Waals surface area contributed by atoms with Crippen LogP contribution < -0.4 is 10.2 Å². The van der Waals surface area contributed by atoms with E-state index >= 15 is 4.39 Å². The Morgan fingerprint density at radius 3 is 2.66 bits per heavy atom. The molecule has 0 spiro atoms. The smallest absolute Gasteiger partial charge is 0.407 e. The number of H-pyrrole nitrogens is 1. The Bertz CT molecular complexity index is 961. The fourth-order valence-electron chi connectivity index (χ4n) is 3.85. The third kappa shape index (κ3) is 4.31. The topological polar surface area (TPSA) is 94.7 Å². The van der Waals surface area contributed by atoms with Crippen LogP contribution in [0.2, 0.25) is 0 Å². The summed E-state index contributed by atoms with van der Waals surface area (Å²) in [5, 5.41) is 12.9. The molecule has 1 saturated heterocycles. The Kier molecular flexibility index (Phi) is 5.47. The van der Waals surface area contributed by atoms with Crippen LogP contribution in [0, 0.1) is 19.7 Å². The molecule has 1 aromatic heterocycles. The summed E-state index contributed by atoms with van der Waals surface area (Å²) in [4.78, 5) is 28.7. The first-order valence-electron chi connectivity index (χ1n) is 9.77. The number of carboxylic acid groups (broad SMARTS) is 1. The molecule has 158 valence electrons. The summed E-state index contributed by atoms with van der Waals surface area (Å²) < 4.78 is 20.4. The van der Waals surface area contributed by atoms with Gasteiger partial charge in [0, 0.05) is 30.2 Å². The number of carbonyl (C=O) groups is 2. The van der Waals surface area contributed by atoms with Crippen LogP contribution in [0.5, 0.6) is 0 Å². The number of aromatic carboxylic acids is 1. The molecule has 0 aliphatic carbocycles. The number of carboxylic acids is 1. The van der Waals surface area contributed by atoms with E-state index in [-0.39, 0.29) is 11.6 Å². The molecule has 1 aliphatic rings. The van der Waals surface area contributed by atoms with E-state index < -0.39 is 23.5 Å². The van der Waals surface area contributed by atoms with Gasteiger partial charge < -0.3 is 25.0 Å². The fourth-order valence-corrected chi connectivity index (χ4v) is 3.85. The number of nitrogens with one attached hydrogen (secondary N) is 2. The minimum absolute atomic E-state index is 0.0853. The van der Waals surface area contributed by atoms with Crippen molar-refractivity contribution in [3.63, 3.8) is 0 Å². The first-order chi connectivity index (χ1) is 13.5. The van der Waals surface area contributed by atoms with Gasteiger partial charge in [0.2, 0.25) is 0 Å². The van der Waals surface area contributed by atoms with Gasteiger partial charge in [-0.25, -0.2) is 14.0 Å². The number of amides is 1. The SMILES string of the molecule is Cc1[nH]c2c(C(=O)O)cc(F)c(N3CCCC(NC(=O)OC(C)(C)C)C3)c2c1C. The number of aryl methyl sites for hydroxylation is 2. The van der Waals surface area contributed by atoms with Gasteiger partial charge in [-0.15, -0.1) is 0 Å². The van der Waals surface area contributed by atoms with Crippen molar-refractivity contribution in [1.29, 1.82) is 0 Å². The number of aromatic amines is 1. The molecular weight excluding hydrogens is 377 g/mol. The second kappa shape index (κ2) is 7.57. The van der Waals surface area contributed by atoms with Gasteiger partial charge in [0.05, 0.1) is 16.8 Å². The molecule has 0 bridgehead atoms. The van der Waals surface area contributed by atoms with Crippen LogP contribution in [0.3, 0.4) is 0 Å². The monoisotopic (exact) mass is 405 g/mol. The Balaban J connectivity index is 1.94. The number of rotatable bonds is 3. The molecule has 1 fully saturated rings. The van der Waals surface area contributed by atoms with E-state index in [2.05, 4.69) is 10.3 Å². The molecule has 29 heavy (non-hydrogen) atoms. The lowest BCUT2D eigenvalue weighted by molar-refractivity contribution is 0.0499. The average molecular weight is 405 g/mol. The van der Waals surface area contributed by atoms with Crippen LogP contribution in [0.15, 0.2) is 6.07 Å². The molecule has 2 aromatic rings. The predicted molar refractivity (Wildman–Crippen MR) is 109 cm³/mol. The van der Waals surface area contributed by atoms with Gasteiger partial charge in [-0.05, 0) is 59.1 Å². The van der Waals surface area contributed by atoms with Gasteiger partial charge in [-0.1, -0.05) is 0 Å². The highest BCUT2D eigenvalue weighted by atomic mass is 19.1. The number of piperidine rings is 1. The molecule has 0 radical (unpaired) electrons. The number of benzene rings is 1. The van der Waals surface area contributed by atoms with Gasteiger partial charge in [-0.2, -0.15) is 0 Å². The van der Waals surface area contributed by atoms with Crippen molar-refractivity contribution in [2.24, 2.45) is 0 Å². The first kappa shape index (κ1) is 21.0. The zero-order valence-corrected chi connectivity index (χ0v) is 17.5. The molecule has 1 aliphatic heterocycles. The van der Waals surface area contributed by atoms with Gasteiger partial charge >= 0.3 is 12.1 Å². The maximum Gasteiger partial charge on any atom is 0.407 e. The first-order valence-corrected chi connectivity index (χ1v) is 9.77. The minimum Gasteiger partial charge on any atom is -0.478 e. The lowest BCUT2D eigenvalue weighted by Gasteiger charge is -2.35. The molecule has 3 N–H and O–H groups in total. The quantitative estimate of drug-likeness (QED) is 0.714. The highest BCUT2D eigenvalue weighted by molar-refractivity contribution is 6.08. The molecule has 1 unspecified atom stereocenters. The zero-order valence-electron chi connectivity index (χ0n) is 17.5. The highest BCUT2D eigenvalue weighted by Crippen LogP contribution is 2.37. The molecule has 1 atom stereocenters. The van der Waals surface area contributed by atoms with Crippen LogP contribution in [0.1, 0.15) is 55.2 Å². The summed E-state index contributed by atoms with van der Waals surface area (Å²) in [6.07, 6.45) is 1.04. The molecule has 3 rings (SSSR count). The lowest BCUT2D eigenvalue weighted by atomic mass is 10.0. The van der Waals surface area contributed by atoms with E-state index in [1.54, 1.807) is 20.8 Å². The molecule has 2 heterocycles. The van der Waals surface area contributed by atoms with Crippen LogP contribution in [0.25, 0.3) is 10.9 Å². The van der Waals surface area contributed by atoms with Crippen molar-refractivity contribution < 1.29 is 23.8 Å². The second-order valence-electron chi connectivity index (χ2n) is 8.62. The number of halogens is 1.